The molecule has 2 rings (SSSR count). The van der Waals surface area contributed by atoms with Crippen molar-refractivity contribution in [2.45, 2.75) is 6.04 Å². The van der Waals surface area contributed by atoms with E-state index in [9.17, 15) is 9.59 Å². The molecule has 1 heterocycles. The highest BCUT2D eigenvalue weighted by Crippen LogP contribution is 2.28. The second-order valence-electron chi connectivity index (χ2n) is 4.48. The van der Waals surface area contributed by atoms with Gasteiger partial charge in [0.05, 0.1) is 30.2 Å². The van der Waals surface area contributed by atoms with Gasteiger partial charge in [0.2, 0.25) is 5.91 Å². The maximum atomic E-state index is 11.9. The molecule has 1 unspecified atom stereocenters. The molecule has 7 nitrogen and oxygen atoms in total. The van der Waals surface area contributed by atoms with Crippen molar-refractivity contribution in [3.8, 4) is 0 Å². The van der Waals surface area contributed by atoms with Crippen LogP contribution in [0.1, 0.15) is 10.4 Å². The van der Waals surface area contributed by atoms with E-state index in [1.54, 1.807) is 11.9 Å². The molecular formula is C13H17N3O4. The van der Waals surface area contributed by atoms with Crippen LogP contribution in [0.3, 0.4) is 0 Å². The molecule has 7 heteroatoms. The highest BCUT2D eigenvalue weighted by Gasteiger charge is 2.30. The first-order valence-electron chi connectivity index (χ1n) is 6.23. The number of carbonyl (C=O) groups excluding carboxylic acids is 1. The fraction of sp³-hybridized carbons (Fsp3) is 0.385. The van der Waals surface area contributed by atoms with Crippen molar-refractivity contribution in [2.75, 3.05) is 37.4 Å². The van der Waals surface area contributed by atoms with Gasteiger partial charge in [-0.05, 0) is 18.2 Å². The van der Waals surface area contributed by atoms with Gasteiger partial charge in [-0.25, -0.2) is 4.79 Å². The first kappa shape index (κ1) is 14.1. The Morgan fingerprint density at radius 3 is 2.90 bits per heavy atom. The number of benzene rings is 1. The molecule has 0 aliphatic carbocycles. The molecule has 1 aliphatic rings. The minimum absolute atomic E-state index is 0.136. The Kier molecular flexibility index (Phi) is 4.09. The lowest BCUT2D eigenvalue weighted by Crippen LogP contribution is -2.53. The van der Waals surface area contributed by atoms with Gasteiger partial charge in [0, 0.05) is 13.6 Å². The zero-order chi connectivity index (χ0) is 14.7. The number of morpholine rings is 1. The summed E-state index contributed by atoms with van der Waals surface area (Å²) in [5, 5.41) is 11.6. The van der Waals surface area contributed by atoms with E-state index in [-0.39, 0.29) is 18.1 Å². The Labute approximate surface area is 116 Å². The normalized spacial score (nSPS) is 18.6. The highest BCUT2D eigenvalue weighted by atomic mass is 16.5. The molecule has 1 saturated heterocycles. The number of nitrogen functional groups attached to an aromatic ring is 1. The van der Waals surface area contributed by atoms with Crippen molar-refractivity contribution in [2.24, 2.45) is 0 Å². The number of ether oxygens (including phenoxy) is 1. The molecule has 20 heavy (non-hydrogen) atoms. The number of carbonyl (C=O) groups is 2. The summed E-state index contributed by atoms with van der Waals surface area (Å²) in [5.74, 6) is -1.22. The number of nitrogens with one attached hydrogen (secondary N) is 1. The molecular weight excluding hydrogens is 262 g/mol. The Balaban J connectivity index is 2.39. The lowest BCUT2D eigenvalue weighted by molar-refractivity contribution is -0.124. The number of anilines is 2. The van der Waals surface area contributed by atoms with E-state index in [2.05, 4.69) is 5.32 Å². The largest absolute Gasteiger partial charge is 0.478 e. The molecule has 1 fully saturated rings. The predicted octanol–water partition coefficient (Wildman–Crippen LogP) is -0.0818. The summed E-state index contributed by atoms with van der Waals surface area (Å²) in [6, 6.07) is 3.95. The van der Waals surface area contributed by atoms with Crippen molar-refractivity contribution < 1.29 is 19.4 Å². The van der Waals surface area contributed by atoms with Gasteiger partial charge >= 0.3 is 5.97 Å². The summed E-state index contributed by atoms with van der Waals surface area (Å²) in [6.07, 6.45) is 0. The van der Waals surface area contributed by atoms with Crippen LogP contribution in [-0.2, 0) is 9.53 Å². The maximum absolute atomic E-state index is 11.9. The minimum atomic E-state index is -1.03. The summed E-state index contributed by atoms with van der Waals surface area (Å²) in [6.45, 7) is 1.19. The van der Waals surface area contributed by atoms with Crippen LogP contribution >= 0.6 is 0 Å². The number of carboxylic acids is 1. The topological polar surface area (TPSA) is 105 Å². The molecule has 0 saturated carbocycles. The average Bonchev–Trinajstić information content (AvgIpc) is 2.46. The van der Waals surface area contributed by atoms with Crippen molar-refractivity contribution in [3.63, 3.8) is 0 Å². The molecule has 0 aromatic heterocycles. The fourth-order valence-electron chi connectivity index (χ4n) is 2.20. The van der Waals surface area contributed by atoms with E-state index in [1.165, 1.54) is 18.2 Å². The van der Waals surface area contributed by atoms with Crippen molar-refractivity contribution in [1.82, 2.24) is 5.32 Å². The summed E-state index contributed by atoms with van der Waals surface area (Å²) in [4.78, 5) is 24.7. The Morgan fingerprint density at radius 2 is 2.25 bits per heavy atom. The maximum Gasteiger partial charge on any atom is 0.335 e. The molecule has 0 radical (unpaired) electrons. The van der Waals surface area contributed by atoms with E-state index >= 15 is 0 Å². The summed E-state index contributed by atoms with van der Waals surface area (Å²) in [7, 11) is 1.55. The van der Waals surface area contributed by atoms with Crippen LogP contribution in [0.5, 0.6) is 0 Å². The summed E-state index contributed by atoms with van der Waals surface area (Å²) < 4.78 is 5.31. The van der Waals surface area contributed by atoms with Crippen molar-refractivity contribution >= 4 is 23.3 Å². The van der Waals surface area contributed by atoms with Crippen LogP contribution in [0.4, 0.5) is 11.4 Å². The summed E-state index contributed by atoms with van der Waals surface area (Å²) >= 11 is 0. The van der Waals surface area contributed by atoms with E-state index in [0.717, 1.165) is 0 Å². The lowest BCUT2D eigenvalue weighted by Gasteiger charge is -2.36. The number of amides is 1. The molecule has 1 amide bonds. The molecule has 1 aromatic rings. The Bertz CT molecular complexity index is 532. The zero-order valence-corrected chi connectivity index (χ0v) is 11.1. The first-order valence-corrected chi connectivity index (χ1v) is 6.23. The quantitative estimate of drug-likeness (QED) is 0.668. The smallest absolute Gasteiger partial charge is 0.335 e. The van der Waals surface area contributed by atoms with E-state index in [0.29, 0.717) is 24.5 Å². The number of hydrogen-bond donors (Lipinski definition) is 3. The zero-order valence-electron chi connectivity index (χ0n) is 11.1. The number of nitrogens with two attached hydrogens (primary N) is 1. The number of hydrogen-bond acceptors (Lipinski definition) is 5. The minimum Gasteiger partial charge on any atom is -0.478 e. The number of rotatable bonds is 3. The van der Waals surface area contributed by atoms with Crippen LogP contribution in [-0.4, -0.2) is 49.8 Å². The third kappa shape index (κ3) is 2.67. The van der Waals surface area contributed by atoms with Crippen molar-refractivity contribution in [1.29, 1.82) is 0 Å². The average molecular weight is 279 g/mol. The Morgan fingerprint density at radius 1 is 1.50 bits per heavy atom. The van der Waals surface area contributed by atoms with E-state index < -0.39 is 12.0 Å². The third-order valence-corrected chi connectivity index (χ3v) is 3.26. The van der Waals surface area contributed by atoms with Gasteiger partial charge in [-0.1, -0.05) is 0 Å². The third-order valence-electron chi connectivity index (χ3n) is 3.26. The lowest BCUT2D eigenvalue weighted by atomic mass is 10.1. The van der Waals surface area contributed by atoms with Crippen LogP contribution in [0.2, 0.25) is 0 Å². The van der Waals surface area contributed by atoms with Gasteiger partial charge in [-0.2, -0.15) is 0 Å². The monoisotopic (exact) mass is 279 g/mol. The van der Waals surface area contributed by atoms with Crippen LogP contribution in [0, 0.1) is 0 Å². The van der Waals surface area contributed by atoms with E-state index in [4.69, 9.17) is 15.6 Å². The van der Waals surface area contributed by atoms with Gasteiger partial charge in [0.15, 0.2) is 0 Å². The number of carboxylic acid groups (broad SMARTS) is 1. The standard InChI is InChI=1S/C13H17N3O4/c1-15-12(17)11-7-20-5-4-16(11)10-6-8(13(18)19)2-3-9(10)14/h2-3,6,11H,4-5,7,14H2,1H3,(H,15,17)(H,18,19). The van der Waals surface area contributed by atoms with Gasteiger partial charge in [0.1, 0.15) is 6.04 Å². The highest BCUT2D eigenvalue weighted by molar-refractivity contribution is 5.92. The van der Waals surface area contributed by atoms with Gasteiger partial charge in [-0.15, -0.1) is 0 Å². The molecule has 1 aliphatic heterocycles. The molecule has 108 valence electrons. The second-order valence-corrected chi connectivity index (χ2v) is 4.48. The molecule has 0 bridgehead atoms. The number of aromatic carboxylic acids is 1. The molecule has 1 atom stereocenters. The SMILES string of the molecule is CNC(=O)C1COCCN1c1cc(C(=O)O)ccc1N. The predicted molar refractivity (Wildman–Crippen MR) is 73.8 cm³/mol. The first-order chi connectivity index (χ1) is 9.54. The van der Waals surface area contributed by atoms with Crippen LogP contribution < -0.4 is 16.0 Å². The van der Waals surface area contributed by atoms with Crippen LogP contribution in [0.15, 0.2) is 18.2 Å². The Hall–Kier alpha value is -2.28. The van der Waals surface area contributed by atoms with E-state index in [1.807, 2.05) is 0 Å². The van der Waals surface area contributed by atoms with Gasteiger partial charge < -0.3 is 25.8 Å². The molecule has 4 N–H and O–H groups in total. The molecule has 0 spiro atoms. The number of nitrogens with zero attached hydrogens (tertiary/aromatic N) is 1. The van der Waals surface area contributed by atoms with Crippen LogP contribution in [0.25, 0.3) is 0 Å². The number of likely N-dealkylation sites (N-methyl/N-ethyl adjacent to an activating group) is 1. The second kappa shape index (κ2) is 5.79. The fourth-order valence-corrected chi connectivity index (χ4v) is 2.20. The van der Waals surface area contributed by atoms with Crippen molar-refractivity contribution in [3.05, 3.63) is 23.8 Å². The van der Waals surface area contributed by atoms with Gasteiger partial charge in [0.25, 0.3) is 0 Å². The van der Waals surface area contributed by atoms with Gasteiger partial charge in [-0.3, -0.25) is 4.79 Å². The molecule has 1 aromatic carbocycles. The summed E-state index contributed by atoms with van der Waals surface area (Å²) in [5.41, 5.74) is 7.03.